The lowest BCUT2D eigenvalue weighted by Gasteiger charge is -2.27. The largest absolute Gasteiger partial charge is 0.352 e. The van der Waals surface area contributed by atoms with Crippen LogP contribution in [0, 0.1) is 0 Å². The number of amides is 2. The fourth-order valence-electron chi connectivity index (χ4n) is 4.15. The molecule has 184 valence electrons. The molecule has 1 N–H and O–H groups in total. The standard InChI is InChI=1S/C30H32N4O2/c1-23(2)33(21-25-13-7-4-8-14-25)30(36)22-34-27-16-10-9-15-26(27)32-28(34)19-20-31-29(35)18-17-24-11-5-3-6-12-24/h3-18,23H,19-22H2,1-2H3,(H,31,35)/b18-17+. The minimum Gasteiger partial charge on any atom is -0.352 e. The Hall–Kier alpha value is -4.19. The van der Waals surface area contributed by atoms with Gasteiger partial charge in [-0.2, -0.15) is 0 Å². The fraction of sp³-hybridized carbons (Fsp3) is 0.233. The summed E-state index contributed by atoms with van der Waals surface area (Å²) in [5, 5.41) is 2.93. The molecule has 1 heterocycles. The van der Waals surface area contributed by atoms with Crippen molar-refractivity contribution in [3.05, 3.63) is 108 Å². The SMILES string of the molecule is CC(C)N(Cc1ccccc1)C(=O)Cn1c(CCNC(=O)/C=C/c2ccccc2)nc2ccccc21. The van der Waals surface area contributed by atoms with E-state index in [1.807, 2.05) is 108 Å². The summed E-state index contributed by atoms with van der Waals surface area (Å²) in [6.07, 6.45) is 3.84. The van der Waals surface area contributed by atoms with E-state index >= 15 is 0 Å². The third kappa shape index (κ3) is 6.48. The van der Waals surface area contributed by atoms with Crippen molar-refractivity contribution in [3.8, 4) is 0 Å². The number of para-hydroxylation sites is 2. The summed E-state index contributed by atoms with van der Waals surface area (Å²) < 4.78 is 1.98. The second-order valence-electron chi connectivity index (χ2n) is 8.99. The molecule has 6 heteroatoms. The van der Waals surface area contributed by atoms with Crippen molar-refractivity contribution >= 4 is 28.9 Å². The highest BCUT2D eigenvalue weighted by molar-refractivity contribution is 5.91. The van der Waals surface area contributed by atoms with Crippen molar-refractivity contribution in [2.45, 2.75) is 39.4 Å². The summed E-state index contributed by atoms with van der Waals surface area (Å²) >= 11 is 0. The molecular weight excluding hydrogens is 448 g/mol. The average Bonchev–Trinajstić information content (AvgIpc) is 3.24. The van der Waals surface area contributed by atoms with Crippen LogP contribution in [0.2, 0.25) is 0 Å². The van der Waals surface area contributed by atoms with Crippen LogP contribution in [-0.4, -0.2) is 38.9 Å². The highest BCUT2D eigenvalue weighted by Gasteiger charge is 2.20. The number of carbonyl (C=O) groups excluding carboxylic acids is 2. The summed E-state index contributed by atoms with van der Waals surface area (Å²) in [4.78, 5) is 32.4. The van der Waals surface area contributed by atoms with Crippen LogP contribution in [0.5, 0.6) is 0 Å². The molecular formula is C30H32N4O2. The number of fused-ring (bicyclic) bond motifs is 1. The Balaban J connectivity index is 1.45. The maximum Gasteiger partial charge on any atom is 0.244 e. The first-order valence-electron chi connectivity index (χ1n) is 12.3. The fourth-order valence-corrected chi connectivity index (χ4v) is 4.15. The highest BCUT2D eigenvalue weighted by atomic mass is 16.2. The lowest BCUT2D eigenvalue weighted by atomic mass is 10.2. The predicted octanol–water partition coefficient (Wildman–Crippen LogP) is 4.85. The van der Waals surface area contributed by atoms with Gasteiger partial charge in [-0.3, -0.25) is 9.59 Å². The molecule has 0 saturated carbocycles. The van der Waals surface area contributed by atoms with E-state index in [1.165, 1.54) is 6.08 Å². The number of benzene rings is 3. The molecule has 0 fully saturated rings. The molecule has 2 amide bonds. The van der Waals surface area contributed by atoms with E-state index < -0.39 is 0 Å². The summed E-state index contributed by atoms with van der Waals surface area (Å²) in [5.41, 5.74) is 3.83. The van der Waals surface area contributed by atoms with Gasteiger partial charge in [-0.1, -0.05) is 72.8 Å². The molecule has 0 aliphatic heterocycles. The van der Waals surface area contributed by atoms with Gasteiger partial charge in [0.15, 0.2) is 0 Å². The van der Waals surface area contributed by atoms with Crippen molar-refractivity contribution in [3.63, 3.8) is 0 Å². The van der Waals surface area contributed by atoms with E-state index in [-0.39, 0.29) is 24.4 Å². The van der Waals surface area contributed by atoms with Gasteiger partial charge in [0.1, 0.15) is 12.4 Å². The van der Waals surface area contributed by atoms with E-state index in [9.17, 15) is 9.59 Å². The smallest absolute Gasteiger partial charge is 0.244 e. The Kier molecular flexibility index (Phi) is 8.29. The van der Waals surface area contributed by atoms with Gasteiger partial charge in [0.25, 0.3) is 0 Å². The Bertz CT molecular complexity index is 1330. The van der Waals surface area contributed by atoms with E-state index in [0.717, 1.165) is 28.0 Å². The molecule has 4 rings (SSSR count). The maximum atomic E-state index is 13.5. The molecule has 0 unspecified atom stereocenters. The minimum absolute atomic E-state index is 0.0353. The zero-order valence-electron chi connectivity index (χ0n) is 20.8. The third-order valence-electron chi connectivity index (χ3n) is 6.04. The number of carbonyl (C=O) groups is 2. The van der Waals surface area contributed by atoms with Crippen LogP contribution in [0.3, 0.4) is 0 Å². The van der Waals surface area contributed by atoms with Crippen molar-refractivity contribution in [1.82, 2.24) is 19.8 Å². The van der Waals surface area contributed by atoms with Gasteiger partial charge < -0.3 is 14.8 Å². The first-order chi connectivity index (χ1) is 17.5. The Morgan fingerprint density at radius 3 is 2.33 bits per heavy atom. The van der Waals surface area contributed by atoms with Gasteiger partial charge in [0, 0.05) is 31.6 Å². The van der Waals surface area contributed by atoms with Crippen LogP contribution in [0.25, 0.3) is 17.1 Å². The first-order valence-corrected chi connectivity index (χ1v) is 12.3. The molecule has 0 radical (unpaired) electrons. The number of imidazole rings is 1. The topological polar surface area (TPSA) is 67.2 Å². The van der Waals surface area contributed by atoms with Crippen molar-refractivity contribution < 1.29 is 9.59 Å². The third-order valence-corrected chi connectivity index (χ3v) is 6.04. The van der Waals surface area contributed by atoms with Gasteiger partial charge in [0.2, 0.25) is 11.8 Å². The van der Waals surface area contributed by atoms with Gasteiger partial charge in [0.05, 0.1) is 11.0 Å². The van der Waals surface area contributed by atoms with Crippen LogP contribution < -0.4 is 5.32 Å². The van der Waals surface area contributed by atoms with Crippen LogP contribution in [0.4, 0.5) is 0 Å². The molecule has 0 saturated heterocycles. The number of nitrogens with one attached hydrogen (secondary N) is 1. The summed E-state index contributed by atoms with van der Waals surface area (Å²) in [5.74, 6) is 0.653. The first kappa shape index (κ1) is 24.9. The Labute approximate surface area is 212 Å². The van der Waals surface area contributed by atoms with Gasteiger partial charge in [-0.25, -0.2) is 4.98 Å². The van der Waals surface area contributed by atoms with E-state index in [1.54, 1.807) is 6.08 Å². The quantitative estimate of drug-likeness (QED) is 0.330. The van der Waals surface area contributed by atoms with E-state index in [0.29, 0.717) is 19.5 Å². The van der Waals surface area contributed by atoms with Crippen molar-refractivity contribution in [2.24, 2.45) is 0 Å². The molecule has 0 aliphatic carbocycles. The molecule has 3 aromatic carbocycles. The lowest BCUT2D eigenvalue weighted by Crippen LogP contribution is -2.39. The number of rotatable bonds is 10. The minimum atomic E-state index is -0.161. The summed E-state index contributed by atoms with van der Waals surface area (Å²) in [6.45, 7) is 5.25. The predicted molar refractivity (Wildman–Crippen MR) is 144 cm³/mol. The molecule has 0 atom stereocenters. The molecule has 1 aromatic heterocycles. The normalized spacial score (nSPS) is 11.3. The van der Waals surface area contributed by atoms with Crippen molar-refractivity contribution in [2.75, 3.05) is 6.54 Å². The van der Waals surface area contributed by atoms with Crippen LogP contribution >= 0.6 is 0 Å². The van der Waals surface area contributed by atoms with Crippen molar-refractivity contribution in [1.29, 1.82) is 0 Å². The molecule has 4 aromatic rings. The van der Waals surface area contributed by atoms with E-state index in [2.05, 4.69) is 5.32 Å². The second-order valence-corrected chi connectivity index (χ2v) is 8.99. The maximum absolute atomic E-state index is 13.5. The average molecular weight is 481 g/mol. The summed E-state index contributed by atoms with van der Waals surface area (Å²) in [6, 6.07) is 27.6. The van der Waals surface area contributed by atoms with Gasteiger partial charge in [-0.15, -0.1) is 0 Å². The molecule has 6 nitrogen and oxygen atoms in total. The van der Waals surface area contributed by atoms with Gasteiger partial charge >= 0.3 is 0 Å². The summed E-state index contributed by atoms with van der Waals surface area (Å²) in [7, 11) is 0. The Morgan fingerprint density at radius 1 is 0.944 bits per heavy atom. The number of hydrogen-bond donors (Lipinski definition) is 1. The zero-order valence-corrected chi connectivity index (χ0v) is 20.8. The van der Waals surface area contributed by atoms with Gasteiger partial charge in [-0.05, 0) is 43.2 Å². The molecule has 36 heavy (non-hydrogen) atoms. The molecule has 0 aliphatic rings. The van der Waals surface area contributed by atoms with Crippen LogP contribution in [-0.2, 0) is 29.1 Å². The lowest BCUT2D eigenvalue weighted by molar-refractivity contribution is -0.134. The highest BCUT2D eigenvalue weighted by Crippen LogP contribution is 2.18. The zero-order chi connectivity index (χ0) is 25.3. The van der Waals surface area contributed by atoms with Crippen LogP contribution in [0.1, 0.15) is 30.8 Å². The number of hydrogen-bond acceptors (Lipinski definition) is 3. The van der Waals surface area contributed by atoms with Crippen LogP contribution in [0.15, 0.2) is 91.0 Å². The second kappa shape index (κ2) is 12.0. The Morgan fingerprint density at radius 2 is 1.61 bits per heavy atom. The molecule has 0 spiro atoms. The van der Waals surface area contributed by atoms with E-state index in [4.69, 9.17) is 4.98 Å². The number of nitrogens with zero attached hydrogens (tertiary/aromatic N) is 3. The number of aromatic nitrogens is 2. The molecule has 0 bridgehead atoms. The monoisotopic (exact) mass is 480 g/mol.